The summed E-state index contributed by atoms with van der Waals surface area (Å²) in [6, 6.07) is 72.2. The van der Waals surface area contributed by atoms with Gasteiger partial charge in [-0.05, 0) is 133 Å². The molecule has 4 heterocycles. The average molecular weight is 871 g/mol. The van der Waals surface area contributed by atoms with Crippen LogP contribution in [0.3, 0.4) is 0 Å². The first kappa shape index (κ1) is 38.9. The Hall–Kier alpha value is -8.28. The van der Waals surface area contributed by atoms with Crippen LogP contribution < -0.4 is 26.2 Å². The molecule has 0 bridgehead atoms. The Bertz CT molecular complexity index is 4090. The van der Waals surface area contributed by atoms with Gasteiger partial charge in [0.15, 0.2) is 0 Å². The maximum absolute atomic E-state index is 2.64. The number of anilines is 6. The van der Waals surface area contributed by atoms with Gasteiger partial charge in [-0.25, -0.2) is 0 Å². The van der Waals surface area contributed by atoms with E-state index in [2.05, 4.69) is 248 Å². The molecule has 2 aliphatic heterocycles. The van der Waals surface area contributed by atoms with Crippen LogP contribution in [-0.4, -0.2) is 15.8 Å². The van der Waals surface area contributed by atoms with Crippen LogP contribution in [0.2, 0.25) is 0 Å². The van der Waals surface area contributed by atoms with Gasteiger partial charge in [-0.15, -0.1) is 0 Å². The van der Waals surface area contributed by atoms with Crippen LogP contribution in [0.25, 0.3) is 65.5 Å². The highest BCUT2D eigenvalue weighted by Crippen LogP contribution is 2.49. The predicted molar refractivity (Wildman–Crippen MR) is 290 cm³/mol. The van der Waals surface area contributed by atoms with Crippen LogP contribution in [0.5, 0.6) is 0 Å². The second-order valence-corrected chi connectivity index (χ2v) is 19.0. The Morgan fingerprint density at radius 3 is 1.43 bits per heavy atom. The van der Waals surface area contributed by atoms with Gasteiger partial charge in [0.1, 0.15) is 0 Å². The second kappa shape index (κ2) is 14.4. The zero-order valence-corrected chi connectivity index (χ0v) is 38.8. The smallest absolute Gasteiger partial charge is 0.252 e. The van der Waals surface area contributed by atoms with Crippen LogP contribution in [0.4, 0.5) is 34.1 Å². The van der Waals surface area contributed by atoms with Crippen molar-refractivity contribution in [2.75, 3.05) is 9.80 Å². The van der Waals surface area contributed by atoms with Crippen LogP contribution in [-0.2, 0) is 0 Å². The third kappa shape index (κ3) is 5.21. The molecule has 0 atom stereocenters. The lowest BCUT2D eigenvalue weighted by Gasteiger charge is -2.36. The van der Waals surface area contributed by atoms with E-state index in [1.54, 1.807) is 0 Å². The minimum atomic E-state index is -0.00772. The quantitative estimate of drug-likeness (QED) is 0.155. The lowest BCUT2D eigenvalue weighted by atomic mass is 9.34. The third-order valence-corrected chi connectivity index (χ3v) is 15.5. The maximum Gasteiger partial charge on any atom is 0.252 e. The van der Waals surface area contributed by atoms with Crippen molar-refractivity contribution in [1.82, 2.24) is 9.13 Å². The molecule has 0 spiro atoms. The fourth-order valence-electron chi connectivity index (χ4n) is 12.3. The molecular weight excluding hydrogens is 824 g/mol. The molecule has 0 unspecified atom stereocenters. The van der Waals surface area contributed by atoms with E-state index in [1.807, 2.05) is 0 Å². The van der Waals surface area contributed by atoms with Crippen molar-refractivity contribution in [3.8, 4) is 11.4 Å². The maximum atomic E-state index is 2.64. The number of aryl methyl sites for hydroxylation is 3. The highest BCUT2D eigenvalue weighted by atomic mass is 15.2. The summed E-state index contributed by atoms with van der Waals surface area (Å²) in [6.45, 7) is 11.6. The van der Waals surface area contributed by atoms with Crippen molar-refractivity contribution < 1.29 is 0 Å². The monoisotopic (exact) mass is 870 g/mol. The van der Waals surface area contributed by atoms with Gasteiger partial charge >= 0.3 is 0 Å². The first-order valence-corrected chi connectivity index (χ1v) is 23.9. The molecule has 12 aromatic rings. The van der Waals surface area contributed by atoms with Gasteiger partial charge in [0.25, 0.3) is 6.71 Å². The molecule has 0 radical (unpaired) electrons. The van der Waals surface area contributed by atoms with E-state index in [1.165, 1.54) is 133 Å². The number of aromatic nitrogens is 2. The van der Waals surface area contributed by atoms with Gasteiger partial charge in [0, 0.05) is 55.4 Å². The number of fused-ring (bicyclic) bond motifs is 8. The van der Waals surface area contributed by atoms with E-state index in [9.17, 15) is 0 Å². The van der Waals surface area contributed by atoms with Crippen LogP contribution in [0, 0.1) is 34.6 Å². The predicted octanol–water partition coefficient (Wildman–Crippen LogP) is 14.7. The summed E-state index contributed by atoms with van der Waals surface area (Å²) in [5.74, 6) is 0. The average Bonchev–Trinajstić information content (AvgIpc) is 3.80. The normalized spacial score (nSPS) is 12.5. The molecule has 0 amide bonds. The lowest BCUT2D eigenvalue weighted by Crippen LogP contribution is -2.59. The Morgan fingerprint density at radius 2 is 0.868 bits per heavy atom. The number of hydrogen-bond donors (Lipinski definition) is 0. The number of benzene rings is 10. The molecule has 14 rings (SSSR count). The molecule has 322 valence electrons. The summed E-state index contributed by atoms with van der Waals surface area (Å²) in [5, 5.41) is 10.0. The highest BCUT2D eigenvalue weighted by Gasteiger charge is 2.43. The van der Waals surface area contributed by atoms with E-state index in [-0.39, 0.29) is 6.71 Å². The van der Waals surface area contributed by atoms with E-state index in [0.29, 0.717) is 0 Å². The minimum absolute atomic E-state index is 0.00772. The summed E-state index contributed by atoms with van der Waals surface area (Å²) in [7, 11) is 0. The first-order valence-electron chi connectivity index (χ1n) is 23.9. The van der Waals surface area contributed by atoms with Gasteiger partial charge in [0.05, 0.1) is 39.5 Å². The van der Waals surface area contributed by atoms with Crippen molar-refractivity contribution in [2.24, 2.45) is 0 Å². The Balaban J connectivity index is 1.10. The van der Waals surface area contributed by atoms with Crippen molar-refractivity contribution in [3.63, 3.8) is 0 Å². The number of para-hydroxylation sites is 2. The highest BCUT2D eigenvalue weighted by molar-refractivity contribution is 7.00. The summed E-state index contributed by atoms with van der Waals surface area (Å²) in [5.41, 5.74) is 22.6. The summed E-state index contributed by atoms with van der Waals surface area (Å²) in [4.78, 5) is 5.00. The molecule has 5 heteroatoms. The first-order chi connectivity index (χ1) is 33.4. The van der Waals surface area contributed by atoms with Gasteiger partial charge in [0.2, 0.25) is 0 Å². The fourth-order valence-corrected chi connectivity index (χ4v) is 12.3. The third-order valence-electron chi connectivity index (χ3n) is 15.5. The minimum Gasteiger partial charge on any atom is -0.314 e. The molecule has 0 aliphatic carbocycles. The largest absolute Gasteiger partial charge is 0.314 e. The molecule has 4 nitrogen and oxygen atoms in total. The van der Waals surface area contributed by atoms with Crippen LogP contribution in [0.15, 0.2) is 194 Å². The Morgan fingerprint density at radius 1 is 0.382 bits per heavy atom. The standard InChI is InChI=1S/C63H47BN4/c1-38-30-31-50-45(36-38)37-57-60-61(50)66-42(5)40(3)59-56(68(47-24-10-7-11-25-47)54-29-17-21-44-19-13-15-27-49(44)54)35-33-52(63(59)66)64(60)51-32-34-55(58-39(2)41(4)65(57)62(51)58)67(46-22-8-6-9-23-46)53-28-16-20-43-18-12-14-26-48(43)53/h6-37H,1-5H3. The molecule has 0 saturated heterocycles. The molecule has 0 fully saturated rings. The van der Waals surface area contributed by atoms with Crippen molar-refractivity contribution in [3.05, 3.63) is 222 Å². The lowest BCUT2D eigenvalue weighted by molar-refractivity contribution is 1.02. The van der Waals surface area contributed by atoms with Crippen molar-refractivity contribution in [1.29, 1.82) is 0 Å². The second-order valence-electron chi connectivity index (χ2n) is 19.0. The van der Waals surface area contributed by atoms with Crippen LogP contribution in [0.1, 0.15) is 28.1 Å². The molecule has 0 N–H and O–H groups in total. The zero-order valence-electron chi connectivity index (χ0n) is 38.8. The number of rotatable bonds is 6. The van der Waals surface area contributed by atoms with Gasteiger partial charge in [-0.1, -0.05) is 145 Å². The Labute approximate surface area is 396 Å². The molecular formula is C63H47BN4. The molecule has 68 heavy (non-hydrogen) atoms. The van der Waals surface area contributed by atoms with Gasteiger partial charge in [-0.2, -0.15) is 0 Å². The van der Waals surface area contributed by atoms with Gasteiger partial charge in [-0.3, -0.25) is 0 Å². The summed E-state index contributed by atoms with van der Waals surface area (Å²) in [6.07, 6.45) is 0. The number of hydrogen-bond acceptors (Lipinski definition) is 2. The van der Waals surface area contributed by atoms with Gasteiger partial charge < -0.3 is 18.9 Å². The topological polar surface area (TPSA) is 16.3 Å². The summed E-state index contributed by atoms with van der Waals surface area (Å²) >= 11 is 0. The summed E-state index contributed by atoms with van der Waals surface area (Å²) < 4.78 is 5.26. The fraction of sp³-hybridized carbons (Fsp3) is 0.0794. The van der Waals surface area contributed by atoms with E-state index < -0.39 is 0 Å². The van der Waals surface area contributed by atoms with Crippen molar-refractivity contribution in [2.45, 2.75) is 34.6 Å². The Kier molecular flexibility index (Phi) is 8.23. The van der Waals surface area contributed by atoms with E-state index >= 15 is 0 Å². The van der Waals surface area contributed by atoms with E-state index in [4.69, 9.17) is 0 Å². The number of nitrogens with zero attached hydrogens (tertiary/aromatic N) is 4. The molecule has 10 aromatic carbocycles. The molecule has 2 aromatic heterocycles. The zero-order chi connectivity index (χ0) is 45.5. The molecule has 2 aliphatic rings. The van der Waals surface area contributed by atoms with Crippen LogP contribution >= 0.6 is 0 Å². The SMILES string of the molecule is Cc1ccc2c3c4c(cc2c1)-n1c(C)c(C)c2c(N(c5ccccc5)c5cccc6ccccc56)ccc(c21)B4c1ccc(N(c2ccccc2)c2cccc4ccccc24)c2c(C)c(C)n-3c12. The van der Waals surface area contributed by atoms with E-state index in [0.717, 1.165) is 11.4 Å². The molecule has 0 saturated carbocycles. The van der Waals surface area contributed by atoms with Crippen molar-refractivity contribution >= 4 is 111 Å².